The van der Waals surface area contributed by atoms with Gasteiger partial charge in [0.15, 0.2) is 0 Å². The summed E-state index contributed by atoms with van der Waals surface area (Å²) in [5.41, 5.74) is 3.06. The Bertz CT molecular complexity index is 1060. The van der Waals surface area contributed by atoms with E-state index in [9.17, 15) is 8.42 Å². The van der Waals surface area contributed by atoms with Crippen LogP contribution in [0.25, 0.3) is 12.2 Å². The number of benzene rings is 3. The number of rotatable bonds is 5. The molecule has 0 heterocycles. The van der Waals surface area contributed by atoms with Crippen molar-refractivity contribution < 1.29 is 8.42 Å². The third-order valence-electron chi connectivity index (χ3n) is 4.06. The highest BCUT2D eigenvalue weighted by Crippen LogP contribution is 2.22. The van der Waals surface area contributed by atoms with E-state index in [1.54, 1.807) is 48.5 Å². The van der Waals surface area contributed by atoms with E-state index in [4.69, 9.17) is 0 Å². The summed E-state index contributed by atoms with van der Waals surface area (Å²) in [5, 5.41) is 0. The Morgan fingerprint density at radius 1 is 0.778 bits per heavy atom. The summed E-state index contributed by atoms with van der Waals surface area (Å²) < 4.78 is 26.3. The Morgan fingerprint density at radius 2 is 1.33 bits per heavy atom. The van der Waals surface area contributed by atoms with Crippen molar-refractivity contribution in [2.24, 2.45) is 0 Å². The van der Waals surface area contributed by atoms with Crippen LogP contribution in [-0.4, -0.2) is 8.42 Å². The summed E-state index contributed by atoms with van der Waals surface area (Å²) in [6, 6.07) is 23.8. The van der Waals surface area contributed by atoms with E-state index < -0.39 is 9.84 Å². The molecule has 0 radical (unpaired) electrons. The van der Waals surface area contributed by atoms with E-state index in [-0.39, 0.29) is 0 Å². The van der Waals surface area contributed by atoms with Gasteiger partial charge in [-0.15, -0.1) is 0 Å². The van der Waals surface area contributed by atoms with Gasteiger partial charge in [-0.1, -0.05) is 82.2 Å². The predicted octanol–water partition coefficient (Wildman–Crippen LogP) is 6.28. The third kappa shape index (κ3) is 5.06. The molecule has 0 N–H and O–H groups in total. The Labute approximate surface area is 168 Å². The van der Waals surface area contributed by atoms with Crippen molar-refractivity contribution >= 4 is 37.9 Å². The molecule has 3 rings (SSSR count). The van der Waals surface area contributed by atoms with Gasteiger partial charge in [-0.05, 0) is 54.5 Å². The zero-order valence-electron chi connectivity index (χ0n) is 14.8. The average Bonchev–Trinajstić information content (AvgIpc) is 2.68. The van der Waals surface area contributed by atoms with Crippen molar-refractivity contribution in [2.45, 2.75) is 16.7 Å². The maximum absolute atomic E-state index is 12.7. The van der Waals surface area contributed by atoms with E-state index in [2.05, 4.69) is 15.9 Å². The molecule has 0 aliphatic carbocycles. The molecule has 0 aliphatic rings. The molecule has 3 aromatic carbocycles. The van der Waals surface area contributed by atoms with Gasteiger partial charge in [-0.3, -0.25) is 0 Å². The van der Waals surface area contributed by atoms with Crippen LogP contribution in [0.15, 0.2) is 99.2 Å². The molecule has 0 aromatic heterocycles. The van der Waals surface area contributed by atoms with Crippen molar-refractivity contribution in [2.75, 3.05) is 0 Å². The van der Waals surface area contributed by atoms with E-state index >= 15 is 0 Å². The number of halogens is 1. The summed E-state index contributed by atoms with van der Waals surface area (Å²) >= 11 is 3.53. The summed E-state index contributed by atoms with van der Waals surface area (Å²) in [6.07, 6.45) is 5.90. The van der Waals surface area contributed by atoms with Gasteiger partial charge < -0.3 is 0 Å². The van der Waals surface area contributed by atoms with Crippen LogP contribution in [0.3, 0.4) is 0 Å². The number of sulfone groups is 1. The quantitative estimate of drug-likeness (QED) is 0.439. The first-order valence-corrected chi connectivity index (χ1v) is 10.7. The lowest BCUT2D eigenvalue weighted by molar-refractivity contribution is 0.596. The molecule has 4 heteroatoms. The molecule has 0 saturated carbocycles. The molecule has 0 spiro atoms. The number of aryl methyl sites for hydroxylation is 1. The molecule has 0 aliphatic heterocycles. The van der Waals surface area contributed by atoms with Crippen LogP contribution in [0.2, 0.25) is 0 Å². The molecule has 0 fully saturated rings. The fourth-order valence-corrected chi connectivity index (χ4v) is 4.20. The van der Waals surface area contributed by atoms with Gasteiger partial charge in [0.25, 0.3) is 0 Å². The lowest BCUT2D eigenvalue weighted by Crippen LogP contribution is -2.01. The second-order valence-corrected chi connectivity index (χ2v) is 9.02. The minimum absolute atomic E-state index is 0.294. The molecule has 0 atom stereocenters. The van der Waals surface area contributed by atoms with Gasteiger partial charge in [0, 0.05) is 4.48 Å². The molecule has 3 aromatic rings. The average molecular weight is 439 g/mol. The summed E-state index contributed by atoms with van der Waals surface area (Å²) in [7, 11) is -3.49. The highest BCUT2D eigenvalue weighted by atomic mass is 79.9. The SMILES string of the molecule is Cc1ccc(S(=O)(=O)c2ccc(/C=C/C(Br)=C/c3ccccc3)cc2)cc1. The van der Waals surface area contributed by atoms with Gasteiger partial charge in [0.2, 0.25) is 9.84 Å². The molecule has 0 saturated heterocycles. The number of hydrogen-bond acceptors (Lipinski definition) is 2. The van der Waals surface area contributed by atoms with E-state index in [1.165, 1.54) is 0 Å². The third-order valence-corrected chi connectivity index (χ3v) is 6.34. The molecule has 136 valence electrons. The standard InChI is InChI=1S/C23H19BrO2S/c1-18-7-13-22(14-8-18)27(25,26)23-15-10-19(11-16-23)9-12-21(24)17-20-5-3-2-4-6-20/h2-17H,1H3/b12-9+,21-17-. The van der Waals surface area contributed by atoms with Crippen molar-refractivity contribution in [3.05, 3.63) is 106 Å². The monoisotopic (exact) mass is 438 g/mol. The van der Waals surface area contributed by atoms with Crippen LogP contribution in [0, 0.1) is 6.92 Å². The first kappa shape index (κ1) is 19.3. The van der Waals surface area contributed by atoms with E-state index in [0.717, 1.165) is 21.2 Å². The smallest absolute Gasteiger partial charge is 0.206 e. The summed E-state index contributed by atoms with van der Waals surface area (Å²) in [5.74, 6) is 0. The molecule has 27 heavy (non-hydrogen) atoms. The second kappa shape index (κ2) is 8.51. The summed E-state index contributed by atoms with van der Waals surface area (Å²) in [4.78, 5) is 0.604. The molecule has 2 nitrogen and oxygen atoms in total. The van der Waals surface area contributed by atoms with Crippen molar-refractivity contribution in [3.8, 4) is 0 Å². The predicted molar refractivity (Wildman–Crippen MR) is 115 cm³/mol. The lowest BCUT2D eigenvalue weighted by Gasteiger charge is -2.05. The first-order chi connectivity index (χ1) is 12.9. The van der Waals surface area contributed by atoms with Crippen molar-refractivity contribution in [3.63, 3.8) is 0 Å². The first-order valence-electron chi connectivity index (χ1n) is 8.47. The van der Waals surface area contributed by atoms with Crippen molar-refractivity contribution in [1.82, 2.24) is 0 Å². The van der Waals surface area contributed by atoms with Crippen LogP contribution >= 0.6 is 15.9 Å². The van der Waals surface area contributed by atoms with E-state index in [0.29, 0.717) is 9.79 Å². The Balaban J connectivity index is 1.77. The summed E-state index contributed by atoms with van der Waals surface area (Å²) in [6.45, 7) is 1.93. The number of hydrogen-bond donors (Lipinski definition) is 0. The zero-order valence-corrected chi connectivity index (χ0v) is 17.2. The Hall–Kier alpha value is -2.43. The van der Waals surface area contributed by atoms with E-state index in [1.807, 2.05) is 55.5 Å². The largest absolute Gasteiger partial charge is 0.219 e. The molecule has 0 amide bonds. The normalized spacial score (nSPS) is 12.4. The van der Waals surface area contributed by atoms with Crippen LogP contribution in [0.4, 0.5) is 0 Å². The molecule has 0 unspecified atom stereocenters. The molecule has 0 bridgehead atoms. The fourth-order valence-electron chi connectivity index (χ4n) is 2.54. The maximum Gasteiger partial charge on any atom is 0.206 e. The van der Waals surface area contributed by atoms with Crippen LogP contribution < -0.4 is 0 Å². The topological polar surface area (TPSA) is 34.1 Å². The minimum atomic E-state index is -3.49. The number of allylic oxidation sites excluding steroid dienone is 2. The van der Waals surface area contributed by atoms with Gasteiger partial charge in [0.1, 0.15) is 0 Å². The minimum Gasteiger partial charge on any atom is -0.219 e. The van der Waals surface area contributed by atoms with Crippen molar-refractivity contribution in [1.29, 1.82) is 0 Å². The lowest BCUT2D eigenvalue weighted by atomic mass is 10.2. The Morgan fingerprint density at radius 3 is 1.93 bits per heavy atom. The van der Waals surface area contributed by atoms with Gasteiger partial charge in [-0.25, -0.2) is 8.42 Å². The maximum atomic E-state index is 12.7. The second-order valence-electron chi connectivity index (χ2n) is 6.16. The Kier molecular flexibility index (Phi) is 6.09. The molecular formula is C23H19BrO2S. The highest BCUT2D eigenvalue weighted by molar-refractivity contribution is 9.12. The van der Waals surface area contributed by atoms with Gasteiger partial charge in [0.05, 0.1) is 9.79 Å². The van der Waals surface area contributed by atoms with Crippen LogP contribution in [-0.2, 0) is 9.84 Å². The highest BCUT2D eigenvalue weighted by Gasteiger charge is 2.16. The van der Waals surface area contributed by atoms with Crippen LogP contribution in [0.1, 0.15) is 16.7 Å². The molecular weight excluding hydrogens is 420 g/mol. The fraction of sp³-hybridized carbons (Fsp3) is 0.0435. The van der Waals surface area contributed by atoms with Crippen LogP contribution in [0.5, 0.6) is 0 Å². The zero-order chi connectivity index (χ0) is 19.3. The van der Waals surface area contributed by atoms with Gasteiger partial charge in [-0.2, -0.15) is 0 Å². The van der Waals surface area contributed by atoms with Gasteiger partial charge >= 0.3 is 0 Å².